The molecule has 166 valence electrons. The Bertz CT molecular complexity index is 1140. The zero-order chi connectivity index (χ0) is 23.1. The van der Waals surface area contributed by atoms with Crippen molar-refractivity contribution in [3.8, 4) is 23.0 Å². The predicted molar refractivity (Wildman–Crippen MR) is 126 cm³/mol. The van der Waals surface area contributed by atoms with Gasteiger partial charge in [-0.1, -0.05) is 17.7 Å². The third-order valence-electron chi connectivity index (χ3n) is 4.75. The number of allylic oxidation sites excluding steroid dienone is 1. The molecular formula is C25H24ClNO5. The van der Waals surface area contributed by atoms with Gasteiger partial charge >= 0.3 is 0 Å². The zero-order valence-electron chi connectivity index (χ0n) is 18.3. The first-order valence-electron chi connectivity index (χ1n) is 9.72. The van der Waals surface area contributed by atoms with Gasteiger partial charge in [0.1, 0.15) is 23.0 Å². The smallest absolute Gasteiger partial charge is 0.191 e. The van der Waals surface area contributed by atoms with Crippen molar-refractivity contribution in [2.45, 2.75) is 0 Å². The lowest BCUT2D eigenvalue weighted by atomic mass is 10.0. The minimum absolute atomic E-state index is 0.257. The van der Waals surface area contributed by atoms with Crippen LogP contribution < -0.4 is 24.3 Å². The van der Waals surface area contributed by atoms with E-state index >= 15 is 0 Å². The van der Waals surface area contributed by atoms with E-state index in [-0.39, 0.29) is 5.78 Å². The molecule has 0 aliphatic heterocycles. The fourth-order valence-corrected chi connectivity index (χ4v) is 3.33. The van der Waals surface area contributed by atoms with Gasteiger partial charge in [0.05, 0.1) is 39.7 Å². The molecule has 1 N–H and O–H groups in total. The van der Waals surface area contributed by atoms with Gasteiger partial charge in [0, 0.05) is 34.5 Å². The van der Waals surface area contributed by atoms with Crippen molar-refractivity contribution in [1.82, 2.24) is 0 Å². The summed E-state index contributed by atoms with van der Waals surface area (Å²) in [5, 5.41) is 3.85. The Balaban J connectivity index is 2.10. The fourth-order valence-electron chi connectivity index (χ4n) is 3.13. The van der Waals surface area contributed by atoms with Crippen LogP contribution in [0.15, 0.2) is 66.7 Å². The molecule has 32 heavy (non-hydrogen) atoms. The summed E-state index contributed by atoms with van der Waals surface area (Å²) >= 11 is 6.15. The molecule has 6 nitrogen and oxygen atoms in total. The number of carbonyl (C=O) groups is 1. The molecule has 7 heteroatoms. The Morgan fingerprint density at radius 3 is 1.94 bits per heavy atom. The van der Waals surface area contributed by atoms with Gasteiger partial charge in [-0.15, -0.1) is 0 Å². The van der Waals surface area contributed by atoms with Crippen molar-refractivity contribution < 1.29 is 23.7 Å². The van der Waals surface area contributed by atoms with Gasteiger partial charge in [0.15, 0.2) is 5.78 Å². The number of ether oxygens (including phenoxy) is 4. The van der Waals surface area contributed by atoms with Crippen LogP contribution >= 0.6 is 11.6 Å². The second-order valence-corrected chi connectivity index (χ2v) is 7.13. The second kappa shape index (κ2) is 10.6. The van der Waals surface area contributed by atoms with E-state index in [0.717, 1.165) is 5.69 Å². The molecule has 0 unspecified atom stereocenters. The van der Waals surface area contributed by atoms with Crippen LogP contribution in [-0.4, -0.2) is 34.2 Å². The molecule has 3 rings (SSSR count). The number of carbonyl (C=O) groups excluding carboxylic acids is 1. The van der Waals surface area contributed by atoms with Crippen LogP contribution in [0.2, 0.25) is 5.02 Å². The Morgan fingerprint density at radius 2 is 1.38 bits per heavy atom. The SMILES string of the molecule is COc1ccc(C(=O)/C=C(\Nc2cccc(Cl)c2)c2ccc(OC)cc2OC)c(OC)c1. The summed E-state index contributed by atoms with van der Waals surface area (Å²) in [5.41, 5.74) is 2.31. The predicted octanol–water partition coefficient (Wildman–Crippen LogP) is 5.71. The van der Waals surface area contributed by atoms with Crippen molar-refractivity contribution in [3.05, 3.63) is 82.9 Å². The lowest BCUT2D eigenvalue weighted by Crippen LogP contribution is -2.06. The molecule has 0 saturated heterocycles. The molecule has 0 aliphatic rings. The van der Waals surface area contributed by atoms with Crippen LogP contribution in [0.4, 0.5) is 5.69 Å². The van der Waals surface area contributed by atoms with Gasteiger partial charge in [0.2, 0.25) is 0 Å². The standard InChI is InChI=1S/C25H24ClNO5/c1-29-18-8-10-20(24(13-18)31-3)22(27-17-7-5-6-16(26)12-17)15-23(28)21-11-9-19(30-2)14-25(21)32-4/h5-15,27H,1-4H3/b22-15-. The van der Waals surface area contributed by atoms with Crippen LogP contribution in [0.5, 0.6) is 23.0 Å². The Hall–Kier alpha value is -3.64. The van der Waals surface area contributed by atoms with Gasteiger partial charge < -0.3 is 24.3 Å². The minimum atomic E-state index is -0.257. The molecule has 0 bridgehead atoms. The summed E-state index contributed by atoms with van der Waals surface area (Å²) < 4.78 is 21.5. The summed E-state index contributed by atoms with van der Waals surface area (Å²) in [4.78, 5) is 13.3. The first-order chi connectivity index (χ1) is 15.5. The summed E-state index contributed by atoms with van der Waals surface area (Å²) in [5.74, 6) is 1.92. The monoisotopic (exact) mass is 453 g/mol. The van der Waals surface area contributed by atoms with Crippen molar-refractivity contribution in [3.63, 3.8) is 0 Å². The molecule has 0 spiro atoms. The molecule has 3 aromatic carbocycles. The largest absolute Gasteiger partial charge is 0.497 e. The molecule has 0 radical (unpaired) electrons. The third kappa shape index (κ3) is 5.34. The maximum Gasteiger partial charge on any atom is 0.191 e. The quantitative estimate of drug-likeness (QED) is 0.330. The molecular weight excluding hydrogens is 430 g/mol. The number of anilines is 1. The van der Waals surface area contributed by atoms with E-state index in [0.29, 0.717) is 44.8 Å². The highest BCUT2D eigenvalue weighted by molar-refractivity contribution is 6.30. The van der Waals surface area contributed by atoms with Crippen molar-refractivity contribution >= 4 is 28.8 Å². The first-order valence-corrected chi connectivity index (χ1v) is 10.1. The first kappa shape index (κ1) is 23.0. The van der Waals surface area contributed by atoms with E-state index in [1.807, 2.05) is 18.2 Å². The Labute approximate surface area is 192 Å². The van der Waals surface area contributed by atoms with E-state index in [9.17, 15) is 4.79 Å². The van der Waals surface area contributed by atoms with Crippen LogP contribution in [0.1, 0.15) is 15.9 Å². The number of hydrogen-bond donors (Lipinski definition) is 1. The molecule has 0 aromatic heterocycles. The van der Waals surface area contributed by atoms with Gasteiger partial charge in [-0.05, 0) is 42.5 Å². The van der Waals surface area contributed by atoms with Crippen LogP contribution in [0.3, 0.4) is 0 Å². The van der Waals surface area contributed by atoms with E-state index in [2.05, 4.69) is 5.32 Å². The Kier molecular flexibility index (Phi) is 7.63. The highest BCUT2D eigenvalue weighted by atomic mass is 35.5. The average molecular weight is 454 g/mol. The topological polar surface area (TPSA) is 66.0 Å². The maximum absolute atomic E-state index is 13.3. The molecule has 0 aliphatic carbocycles. The van der Waals surface area contributed by atoms with Gasteiger partial charge in [-0.3, -0.25) is 4.79 Å². The molecule has 0 amide bonds. The molecule has 3 aromatic rings. The highest BCUT2D eigenvalue weighted by Gasteiger charge is 2.16. The van der Waals surface area contributed by atoms with Gasteiger partial charge in [-0.2, -0.15) is 0 Å². The number of rotatable bonds is 9. The summed E-state index contributed by atoms with van der Waals surface area (Å²) in [6.07, 6.45) is 1.50. The van der Waals surface area contributed by atoms with E-state index in [4.69, 9.17) is 30.5 Å². The van der Waals surface area contributed by atoms with Crippen LogP contribution in [-0.2, 0) is 0 Å². The van der Waals surface area contributed by atoms with Crippen LogP contribution in [0, 0.1) is 0 Å². The van der Waals surface area contributed by atoms with E-state index in [1.54, 1.807) is 63.8 Å². The molecule has 0 heterocycles. The van der Waals surface area contributed by atoms with Crippen molar-refractivity contribution in [2.75, 3.05) is 33.8 Å². The Morgan fingerprint density at radius 1 is 0.781 bits per heavy atom. The number of benzene rings is 3. The number of ketones is 1. The van der Waals surface area contributed by atoms with Crippen molar-refractivity contribution in [2.24, 2.45) is 0 Å². The number of halogens is 1. The number of hydrogen-bond acceptors (Lipinski definition) is 6. The summed E-state index contributed by atoms with van der Waals surface area (Å²) in [6, 6.07) is 17.6. The summed E-state index contributed by atoms with van der Waals surface area (Å²) in [7, 11) is 6.20. The lowest BCUT2D eigenvalue weighted by molar-refractivity contribution is 0.104. The lowest BCUT2D eigenvalue weighted by Gasteiger charge is -2.16. The fraction of sp³-hybridized carbons (Fsp3) is 0.160. The van der Waals surface area contributed by atoms with Crippen molar-refractivity contribution in [1.29, 1.82) is 0 Å². The maximum atomic E-state index is 13.3. The number of methoxy groups -OCH3 is 4. The second-order valence-electron chi connectivity index (χ2n) is 6.69. The average Bonchev–Trinajstić information content (AvgIpc) is 2.82. The molecule has 0 atom stereocenters. The number of nitrogens with one attached hydrogen (secondary N) is 1. The van der Waals surface area contributed by atoms with E-state index in [1.165, 1.54) is 13.2 Å². The normalized spacial score (nSPS) is 11.0. The zero-order valence-corrected chi connectivity index (χ0v) is 19.0. The highest BCUT2D eigenvalue weighted by Crippen LogP contribution is 2.33. The van der Waals surface area contributed by atoms with Crippen LogP contribution in [0.25, 0.3) is 5.70 Å². The van der Waals surface area contributed by atoms with Gasteiger partial charge in [0.25, 0.3) is 0 Å². The third-order valence-corrected chi connectivity index (χ3v) is 4.99. The van der Waals surface area contributed by atoms with E-state index < -0.39 is 0 Å². The van der Waals surface area contributed by atoms with Gasteiger partial charge in [-0.25, -0.2) is 0 Å². The summed E-state index contributed by atoms with van der Waals surface area (Å²) in [6.45, 7) is 0. The molecule has 0 saturated carbocycles. The minimum Gasteiger partial charge on any atom is -0.497 e. The molecule has 0 fully saturated rings.